The second-order valence-electron chi connectivity index (χ2n) is 7.17. The molecule has 4 rings (SSSR count). The Labute approximate surface area is 181 Å². The first-order chi connectivity index (χ1) is 15.1. The van der Waals surface area contributed by atoms with Crippen LogP contribution in [0.4, 0.5) is 5.69 Å². The predicted molar refractivity (Wildman–Crippen MR) is 117 cm³/mol. The lowest BCUT2D eigenvalue weighted by atomic mass is 10.2. The van der Waals surface area contributed by atoms with Crippen molar-refractivity contribution in [2.75, 3.05) is 37.2 Å². The van der Waals surface area contributed by atoms with Gasteiger partial charge < -0.3 is 14.0 Å². The lowest BCUT2D eigenvalue weighted by Gasteiger charge is -2.19. The number of benzene rings is 1. The van der Waals surface area contributed by atoms with Gasteiger partial charge in [-0.15, -0.1) is 0 Å². The van der Waals surface area contributed by atoms with Gasteiger partial charge in [0, 0.05) is 38.1 Å². The van der Waals surface area contributed by atoms with Crippen molar-refractivity contribution in [2.24, 2.45) is 0 Å². The molecule has 1 aromatic carbocycles. The number of aromatic nitrogens is 2. The van der Waals surface area contributed by atoms with Crippen molar-refractivity contribution in [1.82, 2.24) is 14.4 Å². The molecule has 31 heavy (non-hydrogen) atoms. The third kappa shape index (κ3) is 4.75. The van der Waals surface area contributed by atoms with Gasteiger partial charge in [-0.3, -0.25) is 9.29 Å². The average molecular weight is 447 g/mol. The summed E-state index contributed by atoms with van der Waals surface area (Å²) in [6.07, 6.45) is 5.70. The van der Waals surface area contributed by atoms with Crippen LogP contribution in [0.2, 0.25) is 0 Å². The van der Waals surface area contributed by atoms with Crippen molar-refractivity contribution in [2.45, 2.75) is 26.2 Å². The molecule has 0 amide bonds. The average Bonchev–Trinajstić information content (AvgIpc) is 3.31. The Morgan fingerprint density at radius 1 is 1.06 bits per heavy atom. The van der Waals surface area contributed by atoms with Crippen LogP contribution in [0, 0.1) is 0 Å². The number of hydrogen-bond donors (Lipinski definition) is 0. The van der Waals surface area contributed by atoms with Crippen LogP contribution in [0.3, 0.4) is 0 Å². The molecule has 1 aliphatic rings. The zero-order valence-corrected chi connectivity index (χ0v) is 18.3. The third-order valence-corrected chi connectivity index (χ3v) is 7.09. The molecule has 10 heteroatoms. The maximum atomic E-state index is 12.7. The standard InChI is InChI=1S/C21H26N4O5S/c1-2-28-21-19-7-6-18(16-20(19)30-23-21)29-15-5-3-4-12-24-13-14-25(31(24,26)27)17-8-10-22-11-9-17/h6-11,16H,2-5,12-15H2,1H3. The molecule has 0 atom stereocenters. The zero-order chi connectivity index (χ0) is 21.7. The SMILES string of the molecule is CCOc1noc2cc(OCCCCCN3CCN(c4ccncc4)S3(=O)=O)ccc12. The largest absolute Gasteiger partial charge is 0.493 e. The Morgan fingerprint density at radius 3 is 2.71 bits per heavy atom. The topological polar surface area (TPSA) is 98.0 Å². The Kier molecular flexibility index (Phi) is 6.57. The Morgan fingerprint density at radius 2 is 1.90 bits per heavy atom. The maximum absolute atomic E-state index is 12.7. The summed E-state index contributed by atoms with van der Waals surface area (Å²) >= 11 is 0. The fraction of sp³-hybridized carbons (Fsp3) is 0.429. The van der Waals surface area contributed by atoms with Crippen LogP contribution in [0.15, 0.2) is 47.2 Å². The molecular weight excluding hydrogens is 420 g/mol. The smallest absolute Gasteiger partial charge is 0.304 e. The highest BCUT2D eigenvalue weighted by atomic mass is 32.2. The number of hydrogen-bond acceptors (Lipinski definition) is 7. The lowest BCUT2D eigenvalue weighted by molar-refractivity contribution is 0.298. The molecule has 1 fully saturated rings. The molecule has 166 valence electrons. The van der Waals surface area contributed by atoms with E-state index in [9.17, 15) is 8.42 Å². The molecule has 2 aromatic heterocycles. The molecule has 3 heterocycles. The number of rotatable bonds is 10. The summed E-state index contributed by atoms with van der Waals surface area (Å²) in [6.45, 7) is 4.45. The molecule has 0 saturated carbocycles. The third-order valence-electron chi connectivity index (χ3n) is 5.12. The van der Waals surface area contributed by atoms with E-state index in [1.165, 1.54) is 4.31 Å². The highest BCUT2D eigenvalue weighted by molar-refractivity contribution is 7.90. The molecule has 1 saturated heterocycles. The minimum Gasteiger partial charge on any atom is -0.493 e. The van der Waals surface area contributed by atoms with Crippen molar-refractivity contribution in [3.8, 4) is 11.6 Å². The van der Waals surface area contributed by atoms with E-state index in [0.717, 1.165) is 24.6 Å². The van der Waals surface area contributed by atoms with E-state index >= 15 is 0 Å². The quantitative estimate of drug-likeness (QED) is 0.441. The fourth-order valence-electron chi connectivity index (χ4n) is 3.55. The van der Waals surface area contributed by atoms with Crippen molar-refractivity contribution >= 4 is 26.9 Å². The summed E-state index contributed by atoms with van der Waals surface area (Å²) in [6, 6.07) is 8.97. The summed E-state index contributed by atoms with van der Waals surface area (Å²) in [4.78, 5) is 3.95. The molecule has 9 nitrogen and oxygen atoms in total. The second kappa shape index (κ2) is 9.52. The fourth-order valence-corrected chi connectivity index (χ4v) is 5.21. The van der Waals surface area contributed by atoms with E-state index in [2.05, 4.69) is 10.1 Å². The monoisotopic (exact) mass is 446 g/mol. The first-order valence-corrected chi connectivity index (χ1v) is 11.8. The Bertz CT molecular complexity index is 1100. The summed E-state index contributed by atoms with van der Waals surface area (Å²) in [5, 5.41) is 4.73. The summed E-state index contributed by atoms with van der Waals surface area (Å²) in [5.41, 5.74) is 1.28. The van der Waals surface area contributed by atoms with Crippen molar-refractivity contribution in [3.63, 3.8) is 0 Å². The highest BCUT2D eigenvalue weighted by Gasteiger charge is 2.36. The van der Waals surface area contributed by atoms with Crippen LogP contribution in [0.1, 0.15) is 26.2 Å². The summed E-state index contributed by atoms with van der Waals surface area (Å²) < 4.78 is 44.9. The van der Waals surface area contributed by atoms with Gasteiger partial charge in [-0.2, -0.15) is 12.7 Å². The van der Waals surface area contributed by atoms with Crippen LogP contribution >= 0.6 is 0 Å². The molecule has 0 aliphatic carbocycles. The van der Waals surface area contributed by atoms with E-state index in [1.807, 2.05) is 19.1 Å². The van der Waals surface area contributed by atoms with Crippen LogP contribution in [0.25, 0.3) is 11.0 Å². The van der Waals surface area contributed by atoms with E-state index in [0.29, 0.717) is 55.7 Å². The van der Waals surface area contributed by atoms with Gasteiger partial charge in [0.25, 0.3) is 5.88 Å². The summed E-state index contributed by atoms with van der Waals surface area (Å²) in [5.74, 6) is 1.20. The van der Waals surface area contributed by atoms with Crippen LogP contribution in [-0.4, -0.2) is 55.7 Å². The minimum absolute atomic E-state index is 0.463. The van der Waals surface area contributed by atoms with Crippen molar-refractivity contribution in [1.29, 1.82) is 0 Å². The van der Waals surface area contributed by atoms with Crippen LogP contribution < -0.4 is 13.8 Å². The van der Waals surface area contributed by atoms with Gasteiger partial charge in [0.2, 0.25) is 0 Å². The first-order valence-electron chi connectivity index (χ1n) is 10.4. The first kappa shape index (κ1) is 21.4. The van der Waals surface area contributed by atoms with E-state index in [-0.39, 0.29) is 0 Å². The number of unbranched alkanes of at least 4 members (excludes halogenated alkanes) is 2. The Hall–Kier alpha value is -2.85. The van der Waals surface area contributed by atoms with Gasteiger partial charge in [0.05, 0.1) is 24.3 Å². The van der Waals surface area contributed by atoms with E-state index < -0.39 is 10.2 Å². The van der Waals surface area contributed by atoms with Gasteiger partial charge >= 0.3 is 10.2 Å². The molecule has 0 bridgehead atoms. The lowest BCUT2D eigenvalue weighted by Crippen LogP contribution is -2.33. The highest BCUT2D eigenvalue weighted by Crippen LogP contribution is 2.28. The molecule has 0 radical (unpaired) electrons. The van der Waals surface area contributed by atoms with Gasteiger partial charge in [0.15, 0.2) is 5.58 Å². The van der Waals surface area contributed by atoms with Gasteiger partial charge in [-0.05, 0) is 55.6 Å². The number of pyridine rings is 1. The molecule has 1 aliphatic heterocycles. The Balaban J connectivity index is 1.20. The number of anilines is 1. The van der Waals surface area contributed by atoms with E-state index in [4.69, 9.17) is 14.0 Å². The van der Waals surface area contributed by atoms with Crippen molar-refractivity contribution in [3.05, 3.63) is 42.7 Å². The number of fused-ring (bicyclic) bond motifs is 1. The maximum Gasteiger partial charge on any atom is 0.304 e. The van der Waals surface area contributed by atoms with Crippen LogP contribution in [-0.2, 0) is 10.2 Å². The second-order valence-corrected chi connectivity index (χ2v) is 9.03. The molecular formula is C21H26N4O5S. The number of nitrogens with zero attached hydrogens (tertiary/aromatic N) is 4. The molecule has 0 unspecified atom stereocenters. The minimum atomic E-state index is -3.46. The molecule has 3 aromatic rings. The normalized spacial score (nSPS) is 16.1. The van der Waals surface area contributed by atoms with Crippen molar-refractivity contribution < 1.29 is 22.4 Å². The zero-order valence-electron chi connectivity index (χ0n) is 17.4. The van der Waals surface area contributed by atoms with Crippen LogP contribution in [0.5, 0.6) is 11.6 Å². The van der Waals surface area contributed by atoms with Gasteiger partial charge in [0.1, 0.15) is 5.75 Å². The molecule has 0 N–H and O–H groups in total. The van der Waals surface area contributed by atoms with Gasteiger partial charge in [-0.25, -0.2) is 0 Å². The molecule has 0 spiro atoms. The summed E-state index contributed by atoms with van der Waals surface area (Å²) in [7, 11) is -3.46. The predicted octanol–water partition coefficient (Wildman–Crippen LogP) is 3.24. The van der Waals surface area contributed by atoms with Gasteiger partial charge in [-0.1, -0.05) is 0 Å². The number of ether oxygens (including phenoxy) is 2. The van der Waals surface area contributed by atoms with E-state index in [1.54, 1.807) is 34.9 Å².